The SMILES string of the molecule is Cc1ccc(C(=O)N2CCC(n3cc(-c4cnc5cnn(Cc6cnc7ccccn67)c5c4)cn3)CC2)cc1. The predicted molar refractivity (Wildman–Crippen MR) is 148 cm³/mol. The van der Waals surface area contributed by atoms with Crippen LogP contribution in [0.3, 0.4) is 0 Å². The first-order valence-corrected chi connectivity index (χ1v) is 13.3. The fourth-order valence-electron chi connectivity index (χ4n) is 5.39. The van der Waals surface area contributed by atoms with Gasteiger partial charge in [0.25, 0.3) is 5.91 Å². The number of aryl methyl sites for hydroxylation is 1. The number of pyridine rings is 2. The van der Waals surface area contributed by atoms with Crippen molar-refractivity contribution in [1.29, 1.82) is 0 Å². The van der Waals surface area contributed by atoms with Crippen LogP contribution in [0, 0.1) is 6.92 Å². The van der Waals surface area contributed by atoms with Gasteiger partial charge in [-0.1, -0.05) is 23.8 Å². The first-order valence-electron chi connectivity index (χ1n) is 13.3. The fourth-order valence-corrected chi connectivity index (χ4v) is 5.39. The minimum absolute atomic E-state index is 0.106. The van der Waals surface area contributed by atoms with Crippen LogP contribution in [0.5, 0.6) is 0 Å². The Morgan fingerprint density at radius 3 is 2.62 bits per heavy atom. The molecule has 1 fully saturated rings. The Labute approximate surface area is 225 Å². The Kier molecular flexibility index (Phi) is 5.69. The zero-order valence-electron chi connectivity index (χ0n) is 21.7. The van der Waals surface area contributed by atoms with E-state index in [1.54, 1.807) is 6.20 Å². The summed E-state index contributed by atoms with van der Waals surface area (Å²) in [6, 6.07) is 16.2. The van der Waals surface area contributed by atoms with Crippen molar-refractivity contribution < 1.29 is 4.79 Å². The molecule has 0 N–H and O–H groups in total. The van der Waals surface area contributed by atoms with Crippen LogP contribution in [0.25, 0.3) is 27.8 Å². The smallest absolute Gasteiger partial charge is 0.253 e. The summed E-state index contributed by atoms with van der Waals surface area (Å²) in [6.07, 6.45) is 13.3. The molecule has 5 aromatic heterocycles. The molecule has 9 heteroatoms. The van der Waals surface area contributed by atoms with Crippen molar-refractivity contribution in [2.75, 3.05) is 13.1 Å². The van der Waals surface area contributed by atoms with Gasteiger partial charge < -0.3 is 9.30 Å². The quantitative estimate of drug-likeness (QED) is 0.329. The standard InChI is InChI=1S/C30H28N8O/c1-21-5-7-22(8-6-21)30(39)35-12-9-25(10-13-35)37-19-24(16-33-37)23-14-28-27(31-15-23)18-34-38(28)20-26-17-32-29-4-2-3-11-36(26)29/h2-8,11,14-19,25H,9-10,12-13,20H2,1H3. The van der Waals surface area contributed by atoms with E-state index in [-0.39, 0.29) is 11.9 Å². The van der Waals surface area contributed by atoms with Gasteiger partial charge in [-0.05, 0) is 50.1 Å². The topological polar surface area (TPSA) is 86.1 Å². The molecule has 9 nitrogen and oxygen atoms in total. The van der Waals surface area contributed by atoms with Crippen LogP contribution < -0.4 is 0 Å². The number of imidazole rings is 1. The number of fused-ring (bicyclic) bond motifs is 2. The lowest BCUT2D eigenvalue weighted by Gasteiger charge is -2.32. The highest BCUT2D eigenvalue weighted by Crippen LogP contribution is 2.27. The molecule has 0 aliphatic carbocycles. The fraction of sp³-hybridized carbons (Fsp3) is 0.233. The summed E-state index contributed by atoms with van der Waals surface area (Å²) in [6.45, 7) is 4.08. The van der Waals surface area contributed by atoms with E-state index in [2.05, 4.69) is 31.7 Å². The third kappa shape index (κ3) is 4.35. The number of hydrogen-bond donors (Lipinski definition) is 0. The number of carbonyl (C=O) groups excluding carboxylic acids is 1. The molecule has 1 saturated heterocycles. The molecular weight excluding hydrogens is 488 g/mol. The van der Waals surface area contributed by atoms with E-state index >= 15 is 0 Å². The summed E-state index contributed by atoms with van der Waals surface area (Å²) < 4.78 is 6.09. The van der Waals surface area contributed by atoms with Crippen molar-refractivity contribution in [1.82, 2.24) is 38.8 Å². The predicted octanol–water partition coefficient (Wildman–Crippen LogP) is 4.78. The van der Waals surface area contributed by atoms with Crippen molar-refractivity contribution in [3.8, 4) is 11.1 Å². The molecule has 0 atom stereocenters. The molecule has 0 radical (unpaired) electrons. The highest BCUT2D eigenvalue weighted by Gasteiger charge is 2.25. The average Bonchev–Trinajstić information content (AvgIpc) is 3.73. The Balaban J connectivity index is 1.07. The van der Waals surface area contributed by atoms with Crippen molar-refractivity contribution in [2.45, 2.75) is 32.4 Å². The van der Waals surface area contributed by atoms with Gasteiger partial charge in [0, 0.05) is 48.4 Å². The number of likely N-dealkylation sites (tertiary alicyclic amines) is 1. The summed E-state index contributed by atoms with van der Waals surface area (Å²) in [5, 5.41) is 9.29. The average molecular weight is 517 g/mol. The molecule has 0 bridgehead atoms. The number of nitrogens with zero attached hydrogens (tertiary/aromatic N) is 8. The molecule has 7 rings (SSSR count). The van der Waals surface area contributed by atoms with E-state index < -0.39 is 0 Å². The molecule has 1 amide bonds. The van der Waals surface area contributed by atoms with Gasteiger partial charge in [-0.25, -0.2) is 4.98 Å². The zero-order chi connectivity index (χ0) is 26.3. The lowest BCUT2D eigenvalue weighted by atomic mass is 10.0. The summed E-state index contributed by atoms with van der Waals surface area (Å²) in [7, 11) is 0. The van der Waals surface area contributed by atoms with Gasteiger partial charge in [0.05, 0.1) is 42.4 Å². The number of amides is 1. The Bertz CT molecular complexity index is 1790. The summed E-state index contributed by atoms with van der Waals surface area (Å²) >= 11 is 0. The number of hydrogen-bond acceptors (Lipinski definition) is 5. The largest absolute Gasteiger partial charge is 0.338 e. The highest BCUT2D eigenvalue weighted by atomic mass is 16.2. The monoisotopic (exact) mass is 516 g/mol. The maximum Gasteiger partial charge on any atom is 0.253 e. The first-order chi connectivity index (χ1) is 19.1. The number of aromatic nitrogens is 7. The third-order valence-electron chi connectivity index (χ3n) is 7.66. The van der Waals surface area contributed by atoms with Gasteiger partial charge in [0.2, 0.25) is 0 Å². The van der Waals surface area contributed by atoms with Crippen molar-refractivity contribution in [2.24, 2.45) is 0 Å². The summed E-state index contributed by atoms with van der Waals surface area (Å²) in [5.74, 6) is 0.106. The molecule has 194 valence electrons. The van der Waals surface area contributed by atoms with Crippen molar-refractivity contribution >= 4 is 22.6 Å². The van der Waals surface area contributed by atoms with Crippen molar-refractivity contribution in [3.05, 3.63) is 103 Å². The number of carbonyl (C=O) groups is 1. The second-order valence-corrected chi connectivity index (χ2v) is 10.2. The third-order valence-corrected chi connectivity index (χ3v) is 7.66. The number of benzene rings is 1. The van der Waals surface area contributed by atoms with E-state index in [1.165, 1.54) is 0 Å². The van der Waals surface area contributed by atoms with Gasteiger partial charge in [-0.2, -0.15) is 10.2 Å². The van der Waals surface area contributed by atoms with Crippen LogP contribution >= 0.6 is 0 Å². The molecule has 39 heavy (non-hydrogen) atoms. The van der Waals surface area contributed by atoms with Crippen LogP contribution in [0.15, 0.2) is 85.7 Å². The Morgan fingerprint density at radius 1 is 0.923 bits per heavy atom. The van der Waals surface area contributed by atoms with Crippen LogP contribution in [-0.4, -0.2) is 57.8 Å². The molecule has 6 aromatic rings. The second kappa shape index (κ2) is 9.50. The molecule has 1 aliphatic heterocycles. The van der Waals surface area contributed by atoms with E-state index in [4.69, 9.17) is 5.10 Å². The lowest BCUT2D eigenvalue weighted by molar-refractivity contribution is 0.0690. The normalized spacial score (nSPS) is 14.4. The molecule has 0 spiro atoms. The van der Waals surface area contributed by atoms with Gasteiger partial charge in [0.1, 0.15) is 11.2 Å². The molecule has 1 aromatic carbocycles. The van der Waals surface area contributed by atoms with E-state index in [1.807, 2.05) is 88.4 Å². The summed E-state index contributed by atoms with van der Waals surface area (Å²) in [4.78, 5) is 24.0. The highest BCUT2D eigenvalue weighted by molar-refractivity contribution is 5.94. The van der Waals surface area contributed by atoms with E-state index in [0.29, 0.717) is 6.54 Å². The molecule has 1 aliphatic rings. The molecular formula is C30H28N8O. The molecule has 0 unspecified atom stereocenters. The van der Waals surface area contributed by atoms with Gasteiger partial charge in [0.15, 0.2) is 0 Å². The van der Waals surface area contributed by atoms with Crippen LogP contribution in [-0.2, 0) is 6.54 Å². The van der Waals surface area contributed by atoms with E-state index in [0.717, 1.165) is 70.6 Å². The Hall–Kier alpha value is -4.79. The summed E-state index contributed by atoms with van der Waals surface area (Å²) in [5.41, 5.74) is 7.72. The maximum absolute atomic E-state index is 12.9. The number of rotatable bonds is 5. The maximum atomic E-state index is 12.9. The van der Waals surface area contributed by atoms with Gasteiger partial charge in [-0.3, -0.25) is 19.1 Å². The zero-order valence-corrected chi connectivity index (χ0v) is 21.7. The van der Waals surface area contributed by atoms with Crippen LogP contribution in [0.4, 0.5) is 0 Å². The lowest BCUT2D eigenvalue weighted by Crippen LogP contribution is -2.39. The van der Waals surface area contributed by atoms with Crippen molar-refractivity contribution in [3.63, 3.8) is 0 Å². The Morgan fingerprint density at radius 2 is 1.77 bits per heavy atom. The molecule has 0 saturated carbocycles. The minimum Gasteiger partial charge on any atom is -0.338 e. The first kappa shape index (κ1) is 23.3. The minimum atomic E-state index is 0.106. The van der Waals surface area contributed by atoms with Crippen LogP contribution in [0.1, 0.15) is 40.5 Å². The van der Waals surface area contributed by atoms with Gasteiger partial charge in [-0.15, -0.1) is 0 Å². The molecule has 6 heterocycles. The van der Waals surface area contributed by atoms with Gasteiger partial charge >= 0.3 is 0 Å². The number of piperidine rings is 1. The van der Waals surface area contributed by atoms with Crippen LogP contribution in [0.2, 0.25) is 0 Å². The second-order valence-electron chi connectivity index (χ2n) is 10.2. The van der Waals surface area contributed by atoms with E-state index in [9.17, 15) is 4.79 Å².